The minimum Gasteiger partial charge on any atom is -0.333 e. The first-order chi connectivity index (χ1) is 16.8. The lowest BCUT2D eigenvalue weighted by Gasteiger charge is -2.20. The lowest BCUT2D eigenvalue weighted by molar-refractivity contribution is -0.133. The van der Waals surface area contributed by atoms with E-state index in [0.717, 1.165) is 33.0 Å². The van der Waals surface area contributed by atoms with Gasteiger partial charge in [-0.2, -0.15) is 0 Å². The third-order valence-electron chi connectivity index (χ3n) is 6.41. The zero-order valence-corrected chi connectivity index (χ0v) is 21.5. The number of benzene rings is 4. The van der Waals surface area contributed by atoms with Crippen LogP contribution in [0.15, 0.2) is 89.8 Å². The molecule has 1 heterocycles. The van der Waals surface area contributed by atoms with Gasteiger partial charge < -0.3 is 10.6 Å². The molecule has 8 heteroatoms. The zero-order valence-electron chi connectivity index (χ0n) is 19.8. The molecule has 1 atom stereocenters. The molecule has 4 aromatic carbocycles. The average Bonchev–Trinajstić information content (AvgIpc) is 3.27. The van der Waals surface area contributed by atoms with Crippen LogP contribution in [-0.4, -0.2) is 25.3 Å². The lowest BCUT2D eigenvalue weighted by Crippen LogP contribution is -2.42. The van der Waals surface area contributed by atoms with Gasteiger partial charge in [0.1, 0.15) is 0 Å². The van der Waals surface area contributed by atoms with Crippen molar-refractivity contribution in [2.75, 3.05) is 4.72 Å². The van der Waals surface area contributed by atoms with Crippen molar-refractivity contribution >= 4 is 44.8 Å². The van der Waals surface area contributed by atoms with Crippen molar-refractivity contribution in [2.45, 2.75) is 37.4 Å². The number of rotatable bonds is 6. The van der Waals surface area contributed by atoms with Crippen molar-refractivity contribution < 1.29 is 13.2 Å². The second kappa shape index (κ2) is 10.3. The maximum absolute atomic E-state index is 13.1. The summed E-state index contributed by atoms with van der Waals surface area (Å²) < 4.78 is 28.1. The number of hydrogen-bond acceptors (Lipinski definition) is 4. The summed E-state index contributed by atoms with van der Waals surface area (Å²) in [5.41, 5.74) is 10.7. The minimum absolute atomic E-state index is 0. The van der Waals surface area contributed by atoms with Crippen LogP contribution in [0.1, 0.15) is 22.3 Å². The summed E-state index contributed by atoms with van der Waals surface area (Å²) in [6.07, 6.45) is 0.456. The number of fused-ring (bicyclic) bond motifs is 2. The average molecular weight is 522 g/mol. The smallest absolute Gasteiger partial charge is 0.261 e. The third kappa shape index (κ3) is 5.38. The Balaban J connectivity index is 0.00000304. The van der Waals surface area contributed by atoms with Crippen LogP contribution in [0, 0.1) is 6.92 Å². The molecule has 0 aliphatic carbocycles. The molecule has 0 bridgehead atoms. The Labute approximate surface area is 217 Å². The van der Waals surface area contributed by atoms with Crippen molar-refractivity contribution in [2.24, 2.45) is 5.73 Å². The highest BCUT2D eigenvalue weighted by molar-refractivity contribution is 7.92. The molecule has 0 saturated heterocycles. The summed E-state index contributed by atoms with van der Waals surface area (Å²) >= 11 is 0. The zero-order chi connectivity index (χ0) is 24.6. The van der Waals surface area contributed by atoms with Crippen LogP contribution in [0.3, 0.4) is 0 Å². The van der Waals surface area contributed by atoms with E-state index in [4.69, 9.17) is 5.73 Å². The Morgan fingerprint density at radius 3 is 2.36 bits per heavy atom. The number of sulfonamides is 1. The van der Waals surface area contributed by atoms with E-state index >= 15 is 0 Å². The normalized spacial score (nSPS) is 13.7. The number of aryl methyl sites for hydroxylation is 1. The maximum atomic E-state index is 13.1. The molecule has 0 fully saturated rings. The Bertz CT molecular complexity index is 1520. The monoisotopic (exact) mass is 521 g/mol. The number of nitrogens with one attached hydrogen (secondary N) is 1. The predicted octanol–water partition coefficient (Wildman–Crippen LogP) is 4.78. The van der Waals surface area contributed by atoms with Gasteiger partial charge >= 0.3 is 0 Å². The van der Waals surface area contributed by atoms with E-state index in [-0.39, 0.29) is 23.2 Å². The number of nitrogens with zero attached hydrogens (tertiary/aromatic N) is 1. The van der Waals surface area contributed by atoms with Gasteiger partial charge in [0.15, 0.2) is 0 Å². The fourth-order valence-electron chi connectivity index (χ4n) is 4.49. The molecule has 5 rings (SSSR count). The molecular formula is C28H28ClN3O3S. The van der Waals surface area contributed by atoms with Crippen LogP contribution in [-0.2, 0) is 34.3 Å². The van der Waals surface area contributed by atoms with Gasteiger partial charge in [-0.1, -0.05) is 66.2 Å². The minimum atomic E-state index is -3.69. The summed E-state index contributed by atoms with van der Waals surface area (Å²) in [6, 6.07) is 25.7. The first kappa shape index (κ1) is 25.7. The molecule has 1 aliphatic rings. The summed E-state index contributed by atoms with van der Waals surface area (Å²) in [4.78, 5) is 15.0. The van der Waals surface area contributed by atoms with Gasteiger partial charge in [-0.3, -0.25) is 9.52 Å². The topological polar surface area (TPSA) is 92.5 Å². The van der Waals surface area contributed by atoms with E-state index in [1.54, 1.807) is 41.3 Å². The molecule has 1 unspecified atom stereocenters. The molecule has 3 N–H and O–H groups in total. The molecule has 0 spiro atoms. The largest absolute Gasteiger partial charge is 0.333 e. The van der Waals surface area contributed by atoms with Crippen LogP contribution < -0.4 is 10.5 Å². The van der Waals surface area contributed by atoms with Gasteiger partial charge in [0.2, 0.25) is 5.91 Å². The molecule has 36 heavy (non-hydrogen) atoms. The molecule has 1 amide bonds. The fraction of sp³-hybridized carbons (Fsp3) is 0.179. The van der Waals surface area contributed by atoms with Gasteiger partial charge in [0.25, 0.3) is 10.0 Å². The SMILES string of the molecule is Cc1ccc(S(=O)(=O)Nc2ccc3c(c2)CN(C(=O)C(N)Cc2ccc4ccccc4c2)C3)cc1.Cl. The number of amides is 1. The summed E-state index contributed by atoms with van der Waals surface area (Å²) in [7, 11) is -3.69. The second-order valence-electron chi connectivity index (χ2n) is 9.09. The van der Waals surface area contributed by atoms with E-state index in [1.807, 2.05) is 43.3 Å². The maximum Gasteiger partial charge on any atom is 0.261 e. The highest BCUT2D eigenvalue weighted by atomic mass is 35.5. The van der Waals surface area contributed by atoms with Crippen LogP contribution >= 0.6 is 12.4 Å². The first-order valence-electron chi connectivity index (χ1n) is 11.5. The molecule has 0 radical (unpaired) electrons. The molecule has 6 nitrogen and oxygen atoms in total. The van der Waals surface area contributed by atoms with E-state index in [0.29, 0.717) is 25.2 Å². The van der Waals surface area contributed by atoms with Crippen molar-refractivity contribution in [3.63, 3.8) is 0 Å². The van der Waals surface area contributed by atoms with E-state index in [2.05, 4.69) is 16.9 Å². The van der Waals surface area contributed by atoms with Crippen LogP contribution in [0.5, 0.6) is 0 Å². The fourth-order valence-corrected chi connectivity index (χ4v) is 5.54. The number of carbonyl (C=O) groups is 1. The molecule has 186 valence electrons. The van der Waals surface area contributed by atoms with Gasteiger partial charge in [-0.15, -0.1) is 12.4 Å². The lowest BCUT2D eigenvalue weighted by atomic mass is 10.0. The van der Waals surface area contributed by atoms with Crippen LogP contribution in [0.2, 0.25) is 0 Å². The second-order valence-corrected chi connectivity index (χ2v) is 10.8. The standard InChI is InChI=1S/C28H27N3O3S.ClH/c1-19-6-12-26(13-7-19)35(33,34)30-25-11-10-23-17-31(18-24(23)16-25)28(32)27(29)15-20-8-9-21-4-2-3-5-22(21)14-20;/h2-14,16,27,30H,15,17-18,29H2,1H3;1H. The Hall–Kier alpha value is -3.39. The number of halogens is 1. The van der Waals surface area contributed by atoms with E-state index < -0.39 is 16.1 Å². The molecule has 4 aromatic rings. The van der Waals surface area contributed by atoms with E-state index in [1.165, 1.54) is 0 Å². The third-order valence-corrected chi connectivity index (χ3v) is 7.81. The molecular weight excluding hydrogens is 494 g/mol. The van der Waals surface area contributed by atoms with Gasteiger partial charge in [-0.05, 0) is 65.1 Å². The Kier molecular flexibility index (Phi) is 7.36. The molecule has 0 aromatic heterocycles. The number of carbonyl (C=O) groups excluding carboxylic acids is 1. The van der Waals surface area contributed by atoms with Crippen molar-refractivity contribution in [3.05, 3.63) is 107 Å². The first-order valence-corrected chi connectivity index (χ1v) is 13.0. The highest BCUT2D eigenvalue weighted by Gasteiger charge is 2.28. The Morgan fingerprint density at radius 1 is 0.917 bits per heavy atom. The Morgan fingerprint density at radius 2 is 1.61 bits per heavy atom. The predicted molar refractivity (Wildman–Crippen MR) is 146 cm³/mol. The van der Waals surface area contributed by atoms with Gasteiger partial charge in [0, 0.05) is 18.8 Å². The summed E-state index contributed by atoms with van der Waals surface area (Å²) in [5.74, 6) is -0.115. The highest BCUT2D eigenvalue weighted by Crippen LogP contribution is 2.28. The van der Waals surface area contributed by atoms with E-state index in [9.17, 15) is 13.2 Å². The number of hydrogen-bond donors (Lipinski definition) is 2. The number of nitrogens with two attached hydrogens (primary N) is 1. The van der Waals surface area contributed by atoms with Crippen molar-refractivity contribution in [1.82, 2.24) is 4.90 Å². The van der Waals surface area contributed by atoms with Gasteiger partial charge in [0.05, 0.1) is 10.9 Å². The van der Waals surface area contributed by atoms with Crippen LogP contribution in [0.25, 0.3) is 10.8 Å². The summed E-state index contributed by atoms with van der Waals surface area (Å²) in [5, 5.41) is 2.28. The van der Waals surface area contributed by atoms with Crippen LogP contribution in [0.4, 0.5) is 5.69 Å². The van der Waals surface area contributed by atoms with Crippen molar-refractivity contribution in [1.29, 1.82) is 0 Å². The number of anilines is 1. The quantitative estimate of drug-likeness (QED) is 0.382. The molecule has 0 saturated carbocycles. The molecule has 1 aliphatic heterocycles. The van der Waals surface area contributed by atoms with Gasteiger partial charge in [-0.25, -0.2) is 8.42 Å². The van der Waals surface area contributed by atoms with Crippen molar-refractivity contribution in [3.8, 4) is 0 Å². The summed E-state index contributed by atoms with van der Waals surface area (Å²) in [6.45, 7) is 2.77.